The number of nitrogens with zero attached hydrogens (tertiary/aromatic N) is 3. The standard InChI is InChI=1S/C16H17N3O5/c1-18(2)8-9-3-4-10-11(5-9)13(7-17)19(15(10)22)12(16(23)24)6-14(20)21/h3-5,12-13H,6,8H2,1-2H3,(H,20,21)(H,23,24). The summed E-state index contributed by atoms with van der Waals surface area (Å²) in [6.45, 7) is 0.594. The van der Waals surface area contributed by atoms with E-state index < -0.39 is 36.4 Å². The number of hydrogen-bond acceptors (Lipinski definition) is 5. The van der Waals surface area contributed by atoms with Gasteiger partial charge < -0.3 is 20.0 Å². The number of aliphatic carboxylic acids is 2. The zero-order valence-electron chi connectivity index (χ0n) is 13.3. The molecule has 1 aromatic rings. The van der Waals surface area contributed by atoms with Crippen molar-refractivity contribution in [3.63, 3.8) is 0 Å². The van der Waals surface area contributed by atoms with Crippen LogP contribution in [0.4, 0.5) is 0 Å². The highest BCUT2D eigenvalue weighted by atomic mass is 16.4. The summed E-state index contributed by atoms with van der Waals surface area (Å²) in [5, 5.41) is 27.6. The van der Waals surface area contributed by atoms with Gasteiger partial charge >= 0.3 is 11.9 Å². The van der Waals surface area contributed by atoms with Crippen LogP contribution in [0.1, 0.15) is 33.9 Å². The Hall–Kier alpha value is -2.92. The van der Waals surface area contributed by atoms with Crippen molar-refractivity contribution in [2.45, 2.75) is 25.0 Å². The molecular weight excluding hydrogens is 314 g/mol. The number of carboxylic acid groups (broad SMARTS) is 2. The molecule has 0 saturated heterocycles. The summed E-state index contributed by atoms with van der Waals surface area (Å²) in [5.74, 6) is -3.44. The third kappa shape index (κ3) is 3.21. The first-order valence-electron chi connectivity index (χ1n) is 7.20. The summed E-state index contributed by atoms with van der Waals surface area (Å²) >= 11 is 0. The van der Waals surface area contributed by atoms with Gasteiger partial charge in [0.2, 0.25) is 0 Å². The van der Waals surface area contributed by atoms with Gasteiger partial charge in [0.05, 0.1) is 12.5 Å². The van der Waals surface area contributed by atoms with Gasteiger partial charge in [-0.2, -0.15) is 5.26 Å². The summed E-state index contributed by atoms with van der Waals surface area (Å²) < 4.78 is 0. The van der Waals surface area contributed by atoms with Crippen molar-refractivity contribution >= 4 is 17.8 Å². The molecule has 126 valence electrons. The van der Waals surface area contributed by atoms with Crippen LogP contribution in [0.5, 0.6) is 0 Å². The number of amides is 1. The lowest BCUT2D eigenvalue weighted by Crippen LogP contribution is -2.44. The van der Waals surface area contributed by atoms with Gasteiger partial charge in [0.25, 0.3) is 5.91 Å². The summed E-state index contributed by atoms with van der Waals surface area (Å²) in [6, 6.07) is 4.21. The van der Waals surface area contributed by atoms with Gasteiger partial charge in [-0.15, -0.1) is 0 Å². The Labute approximate surface area is 138 Å². The van der Waals surface area contributed by atoms with Crippen molar-refractivity contribution in [2.75, 3.05) is 14.1 Å². The number of carbonyl (C=O) groups excluding carboxylic acids is 1. The Morgan fingerprint density at radius 3 is 2.54 bits per heavy atom. The monoisotopic (exact) mass is 331 g/mol. The molecule has 1 aliphatic heterocycles. The smallest absolute Gasteiger partial charge is 0.327 e. The summed E-state index contributed by atoms with van der Waals surface area (Å²) in [4.78, 5) is 37.7. The van der Waals surface area contributed by atoms with Crippen LogP contribution < -0.4 is 0 Å². The first-order valence-corrected chi connectivity index (χ1v) is 7.20. The van der Waals surface area contributed by atoms with E-state index >= 15 is 0 Å². The molecule has 2 atom stereocenters. The van der Waals surface area contributed by atoms with E-state index in [2.05, 4.69) is 0 Å². The van der Waals surface area contributed by atoms with Crippen LogP contribution in [-0.4, -0.2) is 58.0 Å². The van der Waals surface area contributed by atoms with Gasteiger partial charge in [-0.1, -0.05) is 12.1 Å². The number of rotatable bonds is 6. The molecule has 0 bridgehead atoms. The first kappa shape index (κ1) is 17.4. The SMILES string of the molecule is CN(C)Cc1ccc2c(c1)C(C#N)N(C(CC(=O)O)C(=O)O)C2=O. The third-order valence-corrected chi connectivity index (χ3v) is 3.76. The van der Waals surface area contributed by atoms with Gasteiger partial charge in [0.1, 0.15) is 12.1 Å². The molecule has 0 fully saturated rings. The Morgan fingerprint density at radius 2 is 2.04 bits per heavy atom. The number of carbonyl (C=O) groups is 3. The van der Waals surface area contributed by atoms with E-state index in [-0.39, 0.29) is 5.56 Å². The lowest BCUT2D eigenvalue weighted by atomic mass is 10.0. The molecule has 8 heteroatoms. The molecule has 0 radical (unpaired) electrons. The van der Waals surface area contributed by atoms with Gasteiger partial charge in [0, 0.05) is 17.7 Å². The molecule has 0 aliphatic carbocycles. The van der Waals surface area contributed by atoms with Crippen LogP contribution in [0.15, 0.2) is 18.2 Å². The van der Waals surface area contributed by atoms with Crippen LogP contribution in [0, 0.1) is 11.3 Å². The van der Waals surface area contributed by atoms with Gasteiger partial charge in [-0.3, -0.25) is 9.59 Å². The van der Waals surface area contributed by atoms with Crippen LogP contribution >= 0.6 is 0 Å². The van der Waals surface area contributed by atoms with Crippen molar-refractivity contribution in [1.29, 1.82) is 5.26 Å². The maximum atomic E-state index is 12.5. The lowest BCUT2D eigenvalue weighted by molar-refractivity contribution is -0.149. The molecule has 24 heavy (non-hydrogen) atoms. The fourth-order valence-electron chi connectivity index (χ4n) is 2.83. The molecule has 2 N–H and O–H groups in total. The van der Waals surface area contributed by atoms with Crippen molar-refractivity contribution in [2.24, 2.45) is 0 Å². The lowest BCUT2D eigenvalue weighted by Gasteiger charge is -2.26. The Bertz CT molecular complexity index is 738. The number of nitriles is 1. The summed E-state index contributed by atoms with van der Waals surface area (Å²) in [6.07, 6.45) is -0.766. The van der Waals surface area contributed by atoms with E-state index in [1.54, 1.807) is 18.2 Å². The highest BCUT2D eigenvalue weighted by molar-refractivity contribution is 6.02. The van der Waals surface area contributed by atoms with Crippen molar-refractivity contribution in [1.82, 2.24) is 9.80 Å². The van der Waals surface area contributed by atoms with E-state index in [0.717, 1.165) is 10.5 Å². The number of benzene rings is 1. The van der Waals surface area contributed by atoms with E-state index in [4.69, 9.17) is 5.11 Å². The van der Waals surface area contributed by atoms with Gasteiger partial charge in [-0.05, 0) is 25.7 Å². The predicted octanol–water partition coefficient (Wildman–Crippen LogP) is 0.697. The molecule has 0 aromatic heterocycles. The minimum atomic E-state index is -1.59. The highest BCUT2D eigenvalue weighted by Gasteiger charge is 2.44. The molecule has 0 spiro atoms. The van der Waals surface area contributed by atoms with E-state index in [1.807, 2.05) is 25.1 Å². The molecular formula is C16H17N3O5. The predicted molar refractivity (Wildman–Crippen MR) is 82.0 cm³/mol. The first-order chi connectivity index (χ1) is 11.3. The molecule has 1 heterocycles. The fourth-order valence-corrected chi connectivity index (χ4v) is 2.83. The normalized spacial score (nSPS) is 17.5. The molecule has 1 amide bonds. The second kappa shape index (κ2) is 6.68. The van der Waals surface area contributed by atoms with Crippen LogP contribution in [-0.2, 0) is 16.1 Å². The zero-order valence-corrected chi connectivity index (χ0v) is 13.3. The fraction of sp³-hybridized carbons (Fsp3) is 0.375. The van der Waals surface area contributed by atoms with Crippen molar-refractivity contribution in [3.8, 4) is 6.07 Å². The average molecular weight is 331 g/mol. The topological polar surface area (TPSA) is 122 Å². The second-order valence-corrected chi connectivity index (χ2v) is 5.86. The van der Waals surface area contributed by atoms with Gasteiger partial charge in [-0.25, -0.2) is 4.79 Å². The Kier molecular flexibility index (Phi) is 4.85. The third-order valence-electron chi connectivity index (χ3n) is 3.76. The maximum Gasteiger partial charge on any atom is 0.327 e. The molecule has 2 rings (SSSR count). The largest absolute Gasteiger partial charge is 0.481 e. The number of fused-ring (bicyclic) bond motifs is 1. The molecule has 1 aromatic carbocycles. The maximum absolute atomic E-state index is 12.5. The summed E-state index contributed by atoms with van der Waals surface area (Å²) in [7, 11) is 3.75. The van der Waals surface area contributed by atoms with Crippen molar-refractivity contribution in [3.05, 3.63) is 34.9 Å². The molecule has 8 nitrogen and oxygen atoms in total. The second-order valence-electron chi connectivity index (χ2n) is 5.86. The van der Waals surface area contributed by atoms with Crippen LogP contribution in [0.25, 0.3) is 0 Å². The Morgan fingerprint density at radius 1 is 1.38 bits per heavy atom. The Balaban J connectivity index is 2.46. The van der Waals surface area contributed by atoms with E-state index in [1.165, 1.54) is 0 Å². The van der Waals surface area contributed by atoms with Gasteiger partial charge in [0.15, 0.2) is 0 Å². The number of carboxylic acids is 2. The quantitative estimate of drug-likeness (QED) is 0.786. The zero-order chi connectivity index (χ0) is 18.0. The van der Waals surface area contributed by atoms with Crippen molar-refractivity contribution < 1.29 is 24.6 Å². The van der Waals surface area contributed by atoms with E-state index in [0.29, 0.717) is 12.1 Å². The summed E-state index contributed by atoms with van der Waals surface area (Å²) in [5.41, 5.74) is 1.53. The minimum Gasteiger partial charge on any atom is -0.481 e. The molecule has 0 saturated carbocycles. The minimum absolute atomic E-state index is 0.237. The number of hydrogen-bond donors (Lipinski definition) is 2. The average Bonchev–Trinajstić information content (AvgIpc) is 2.75. The molecule has 2 unspecified atom stereocenters. The van der Waals surface area contributed by atoms with E-state index in [9.17, 15) is 24.8 Å². The van der Waals surface area contributed by atoms with Crippen LogP contribution in [0.2, 0.25) is 0 Å². The van der Waals surface area contributed by atoms with Crippen LogP contribution in [0.3, 0.4) is 0 Å². The molecule has 1 aliphatic rings. The highest BCUT2D eigenvalue weighted by Crippen LogP contribution is 2.36.